The third-order valence-electron chi connectivity index (χ3n) is 4.57. The molecular formula is C14H28N+. The van der Waals surface area contributed by atoms with Gasteiger partial charge >= 0.3 is 0 Å². The molecule has 1 spiro atoms. The molecule has 1 nitrogen and oxygen atoms in total. The highest BCUT2D eigenvalue weighted by Crippen LogP contribution is 2.29. The number of quaternary nitrogens is 1. The Hall–Kier alpha value is -0.0400. The lowest BCUT2D eigenvalue weighted by Gasteiger charge is -2.39. The molecule has 0 amide bonds. The van der Waals surface area contributed by atoms with Crippen molar-refractivity contribution in [2.24, 2.45) is 11.8 Å². The van der Waals surface area contributed by atoms with Crippen LogP contribution < -0.4 is 0 Å². The molecule has 0 aromatic carbocycles. The van der Waals surface area contributed by atoms with Gasteiger partial charge in [-0.2, -0.15) is 0 Å². The summed E-state index contributed by atoms with van der Waals surface area (Å²) in [6, 6.07) is 0. The third-order valence-corrected chi connectivity index (χ3v) is 4.57. The van der Waals surface area contributed by atoms with E-state index in [2.05, 4.69) is 13.8 Å². The second-order valence-corrected chi connectivity index (χ2v) is 6.36. The lowest BCUT2D eigenvalue weighted by atomic mass is 10.0. The lowest BCUT2D eigenvalue weighted by Crippen LogP contribution is -2.52. The Morgan fingerprint density at radius 3 is 1.67 bits per heavy atom. The van der Waals surface area contributed by atoms with Gasteiger partial charge in [0.25, 0.3) is 0 Å². The van der Waals surface area contributed by atoms with E-state index >= 15 is 0 Å². The minimum atomic E-state index is 0.966. The van der Waals surface area contributed by atoms with Gasteiger partial charge in [0.2, 0.25) is 0 Å². The first-order valence-corrected chi connectivity index (χ1v) is 7.05. The van der Waals surface area contributed by atoms with Gasteiger partial charge in [0, 0.05) is 11.8 Å². The molecule has 0 aromatic heterocycles. The smallest absolute Gasteiger partial charge is 0.0812 e. The monoisotopic (exact) mass is 210 g/mol. The van der Waals surface area contributed by atoms with E-state index in [1.807, 2.05) is 0 Å². The van der Waals surface area contributed by atoms with Crippen LogP contribution in [0.1, 0.15) is 52.4 Å². The molecular weight excluding hydrogens is 182 g/mol. The molecule has 0 bridgehead atoms. The van der Waals surface area contributed by atoms with Crippen molar-refractivity contribution in [3.63, 3.8) is 0 Å². The predicted molar refractivity (Wildman–Crippen MR) is 65.8 cm³/mol. The van der Waals surface area contributed by atoms with Crippen molar-refractivity contribution in [2.75, 3.05) is 26.2 Å². The van der Waals surface area contributed by atoms with E-state index in [9.17, 15) is 0 Å². The average Bonchev–Trinajstić information content (AvgIpc) is 2.47. The molecule has 2 unspecified atom stereocenters. The van der Waals surface area contributed by atoms with Gasteiger partial charge in [-0.15, -0.1) is 0 Å². The summed E-state index contributed by atoms with van der Waals surface area (Å²) < 4.78 is 1.47. The van der Waals surface area contributed by atoms with E-state index in [1.165, 1.54) is 69.2 Å². The Kier molecular flexibility index (Phi) is 3.71. The standard InChI is InChI=1S/C14H28N/c1-13-7-8-14(2)12-15(11-13)9-5-3-4-6-10-15/h13-14H,3-12H2,1-2H3/q+1. The topological polar surface area (TPSA) is 0 Å². The first-order chi connectivity index (χ1) is 7.20. The molecule has 2 aliphatic rings. The van der Waals surface area contributed by atoms with E-state index < -0.39 is 0 Å². The van der Waals surface area contributed by atoms with Crippen molar-refractivity contribution in [2.45, 2.75) is 52.4 Å². The van der Waals surface area contributed by atoms with Crippen LogP contribution >= 0.6 is 0 Å². The zero-order valence-electron chi connectivity index (χ0n) is 10.7. The number of rotatable bonds is 0. The van der Waals surface area contributed by atoms with Crippen molar-refractivity contribution in [1.29, 1.82) is 0 Å². The van der Waals surface area contributed by atoms with Crippen LogP contribution in [0.15, 0.2) is 0 Å². The number of hydrogen-bond donors (Lipinski definition) is 0. The molecule has 0 radical (unpaired) electrons. The van der Waals surface area contributed by atoms with Crippen molar-refractivity contribution in [3.8, 4) is 0 Å². The second-order valence-electron chi connectivity index (χ2n) is 6.36. The third kappa shape index (κ3) is 2.96. The fourth-order valence-electron chi connectivity index (χ4n) is 3.87. The van der Waals surface area contributed by atoms with Gasteiger partial charge in [-0.3, -0.25) is 0 Å². The van der Waals surface area contributed by atoms with Gasteiger partial charge < -0.3 is 4.48 Å². The van der Waals surface area contributed by atoms with Gasteiger partial charge in [0.05, 0.1) is 26.2 Å². The predicted octanol–water partition coefficient (Wildman–Crippen LogP) is 3.44. The minimum Gasteiger partial charge on any atom is -0.323 e. The van der Waals surface area contributed by atoms with Gasteiger partial charge in [0.1, 0.15) is 0 Å². The normalized spacial score (nSPS) is 37.2. The van der Waals surface area contributed by atoms with Crippen molar-refractivity contribution < 1.29 is 4.48 Å². The quantitative estimate of drug-likeness (QED) is 0.537. The highest BCUT2D eigenvalue weighted by atomic mass is 15.4. The van der Waals surface area contributed by atoms with E-state index in [0.29, 0.717) is 0 Å². The van der Waals surface area contributed by atoms with Crippen LogP contribution in [0.5, 0.6) is 0 Å². The number of hydrogen-bond acceptors (Lipinski definition) is 0. The molecule has 2 rings (SSSR count). The molecule has 15 heavy (non-hydrogen) atoms. The van der Waals surface area contributed by atoms with E-state index in [1.54, 1.807) is 0 Å². The summed E-state index contributed by atoms with van der Waals surface area (Å²) in [4.78, 5) is 0. The van der Waals surface area contributed by atoms with Crippen LogP contribution in [0.2, 0.25) is 0 Å². The molecule has 88 valence electrons. The van der Waals surface area contributed by atoms with Crippen LogP contribution in [-0.4, -0.2) is 30.7 Å². The van der Waals surface area contributed by atoms with Crippen molar-refractivity contribution >= 4 is 0 Å². The molecule has 0 N–H and O–H groups in total. The SMILES string of the molecule is CC1CCC(C)C[N+]2(CCCCCC2)C1. The Bertz CT molecular complexity index is 178. The highest BCUT2D eigenvalue weighted by molar-refractivity contribution is 4.66. The fraction of sp³-hybridized carbons (Fsp3) is 1.00. The molecule has 1 heteroatoms. The molecule has 0 saturated carbocycles. The molecule has 2 fully saturated rings. The Labute approximate surface area is 95.4 Å². The first kappa shape index (κ1) is 11.4. The summed E-state index contributed by atoms with van der Waals surface area (Å²) >= 11 is 0. The van der Waals surface area contributed by atoms with E-state index in [4.69, 9.17) is 0 Å². The maximum absolute atomic E-state index is 2.48. The van der Waals surface area contributed by atoms with Crippen molar-refractivity contribution in [1.82, 2.24) is 0 Å². The summed E-state index contributed by atoms with van der Waals surface area (Å²) in [5.74, 6) is 1.93. The van der Waals surface area contributed by atoms with Crippen LogP contribution in [0, 0.1) is 11.8 Å². The van der Waals surface area contributed by atoms with E-state index in [0.717, 1.165) is 11.8 Å². The summed E-state index contributed by atoms with van der Waals surface area (Å²) in [6.07, 6.45) is 8.90. The minimum absolute atomic E-state index is 0.966. The first-order valence-electron chi connectivity index (χ1n) is 7.05. The van der Waals surface area contributed by atoms with Crippen molar-refractivity contribution in [3.05, 3.63) is 0 Å². The largest absolute Gasteiger partial charge is 0.323 e. The Balaban J connectivity index is 2.07. The summed E-state index contributed by atoms with van der Waals surface area (Å²) in [7, 11) is 0. The molecule has 0 aromatic rings. The number of nitrogens with zero attached hydrogens (tertiary/aromatic N) is 1. The van der Waals surface area contributed by atoms with Crippen LogP contribution in [0.3, 0.4) is 0 Å². The summed E-state index contributed by atoms with van der Waals surface area (Å²) in [5, 5.41) is 0. The zero-order valence-corrected chi connectivity index (χ0v) is 10.7. The van der Waals surface area contributed by atoms with E-state index in [-0.39, 0.29) is 0 Å². The van der Waals surface area contributed by atoms with Gasteiger partial charge in [-0.25, -0.2) is 0 Å². The molecule has 0 aliphatic carbocycles. The molecule has 2 atom stereocenters. The van der Waals surface area contributed by atoms with Gasteiger partial charge in [0.15, 0.2) is 0 Å². The lowest BCUT2D eigenvalue weighted by molar-refractivity contribution is -0.931. The average molecular weight is 210 g/mol. The van der Waals surface area contributed by atoms with Gasteiger partial charge in [-0.05, 0) is 38.5 Å². The molecule has 2 heterocycles. The Morgan fingerprint density at radius 1 is 0.733 bits per heavy atom. The highest BCUT2D eigenvalue weighted by Gasteiger charge is 2.34. The van der Waals surface area contributed by atoms with Crippen LogP contribution in [0.25, 0.3) is 0 Å². The fourth-order valence-corrected chi connectivity index (χ4v) is 3.87. The maximum atomic E-state index is 2.48. The zero-order chi connectivity index (χ0) is 10.7. The second kappa shape index (κ2) is 4.86. The maximum Gasteiger partial charge on any atom is 0.0812 e. The molecule has 2 aliphatic heterocycles. The summed E-state index contributed by atoms with van der Waals surface area (Å²) in [5.41, 5.74) is 0. The molecule has 2 saturated heterocycles. The van der Waals surface area contributed by atoms with Crippen LogP contribution in [-0.2, 0) is 0 Å². The van der Waals surface area contributed by atoms with Crippen LogP contribution in [0.4, 0.5) is 0 Å². The summed E-state index contributed by atoms with van der Waals surface area (Å²) in [6.45, 7) is 10.9. The van der Waals surface area contributed by atoms with Gasteiger partial charge in [-0.1, -0.05) is 13.8 Å². The Morgan fingerprint density at radius 2 is 1.20 bits per heavy atom.